The van der Waals surface area contributed by atoms with Crippen LogP contribution < -0.4 is 0 Å². The van der Waals surface area contributed by atoms with Crippen molar-refractivity contribution >= 4 is 11.3 Å². The largest absolute Gasteiger partial charge is 0.378 e. The Bertz CT molecular complexity index is 566. The minimum atomic E-state index is 0.473. The molecule has 2 aromatic heterocycles. The SMILES string of the molecule is COCc1ncccc1C#Cc1csc(C)n1. The van der Waals surface area contributed by atoms with E-state index in [0.717, 1.165) is 22.0 Å². The summed E-state index contributed by atoms with van der Waals surface area (Å²) in [5.41, 5.74) is 2.55. The van der Waals surface area contributed by atoms with Crippen LogP contribution in [0.1, 0.15) is 22.0 Å². The van der Waals surface area contributed by atoms with Crippen molar-refractivity contribution in [3.63, 3.8) is 0 Å². The zero-order valence-electron chi connectivity index (χ0n) is 9.73. The van der Waals surface area contributed by atoms with Crippen molar-refractivity contribution in [3.8, 4) is 11.8 Å². The van der Waals surface area contributed by atoms with Crippen molar-refractivity contribution in [2.75, 3.05) is 7.11 Å². The quantitative estimate of drug-likeness (QED) is 0.761. The molecule has 0 fully saturated rings. The monoisotopic (exact) mass is 244 g/mol. The number of ether oxygens (including phenoxy) is 1. The second kappa shape index (κ2) is 5.58. The maximum atomic E-state index is 5.08. The molecule has 0 bridgehead atoms. The molecular weight excluding hydrogens is 232 g/mol. The molecule has 0 atom stereocenters. The maximum Gasteiger partial charge on any atom is 0.124 e. The molecule has 0 aliphatic rings. The zero-order valence-corrected chi connectivity index (χ0v) is 10.5. The summed E-state index contributed by atoms with van der Waals surface area (Å²) in [6.07, 6.45) is 1.74. The molecule has 17 heavy (non-hydrogen) atoms. The molecule has 0 aliphatic heterocycles. The second-order valence-electron chi connectivity index (χ2n) is 3.43. The fourth-order valence-electron chi connectivity index (χ4n) is 1.36. The summed E-state index contributed by atoms with van der Waals surface area (Å²) in [5.74, 6) is 6.11. The Hall–Kier alpha value is -1.70. The number of aromatic nitrogens is 2. The highest BCUT2D eigenvalue weighted by Gasteiger charge is 1.99. The van der Waals surface area contributed by atoms with Gasteiger partial charge in [0.05, 0.1) is 17.3 Å². The fourth-order valence-corrected chi connectivity index (χ4v) is 1.90. The van der Waals surface area contributed by atoms with E-state index in [1.54, 1.807) is 24.6 Å². The molecule has 0 radical (unpaired) electrons. The molecule has 4 heteroatoms. The molecule has 0 saturated heterocycles. The van der Waals surface area contributed by atoms with Gasteiger partial charge in [0.15, 0.2) is 0 Å². The minimum Gasteiger partial charge on any atom is -0.378 e. The molecule has 0 aliphatic carbocycles. The van der Waals surface area contributed by atoms with E-state index in [2.05, 4.69) is 21.8 Å². The van der Waals surface area contributed by atoms with E-state index in [1.165, 1.54) is 0 Å². The molecule has 0 aromatic carbocycles. The summed E-state index contributed by atoms with van der Waals surface area (Å²) >= 11 is 1.60. The standard InChI is InChI=1S/C13H12N2OS/c1-10-15-12(9-17-10)6-5-11-4-3-7-14-13(11)8-16-2/h3-4,7,9H,8H2,1-2H3. The first-order chi connectivity index (χ1) is 8.29. The first kappa shape index (κ1) is 11.8. The van der Waals surface area contributed by atoms with E-state index in [1.807, 2.05) is 24.4 Å². The average molecular weight is 244 g/mol. The van der Waals surface area contributed by atoms with Crippen LogP contribution in [0.15, 0.2) is 23.7 Å². The van der Waals surface area contributed by atoms with Gasteiger partial charge in [-0.05, 0) is 25.0 Å². The first-order valence-electron chi connectivity index (χ1n) is 5.16. The summed E-state index contributed by atoms with van der Waals surface area (Å²) in [6, 6.07) is 3.81. The first-order valence-corrected chi connectivity index (χ1v) is 6.04. The number of nitrogens with zero attached hydrogens (tertiary/aromatic N) is 2. The van der Waals surface area contributed by atoms with Gasteiger partial charge in [-0.2, -0.15) is 0 Å². The molecule has 0 N–H and O–H groups in total. The highest BCUT2D eigenvalue weighted by Crippen LogP contribution is 2.08. The van der Waals surface area contributed by atoms with E-state index < -0.39 is 0 Å². The molecule has 0 unspecified atom stereocenters. The van der Waals surface area contributed by atoms with Gasteiger partial charge >= 0.3 is 0 Å². The molecule has 0 spiro atoms. The Morgan fingerprint density at radius 1 is 1.41 bits per heavy atom. The Labute approximate surface area is 105 Å². The van der Waals surface area contributed by atoms with Crippen LogP contribution >= 0.6 is 11.3 Å². The number of methoxy groups -OCH3 is 1. The van der Waals surface area contributed by atoms with E-state index in [0.29, 0.717) is 6.61 Å². The summed E-state index contributed by atoms with van der Waals surface area (Å²) < 4.78 is 5.08. The molecule has 2 rings (SSSR count). The summed E-state index contributed by atoms with van der Waals surface area (Å²) in [6.45, 7) is 2.44. The number of pyridine rings is 1. The second-order valence-corrected chi connectivity index (χ2v) is 4.49. The van der Waals surface area contributed by atoms with Crippen LogP contribution in [0.3, 0.4) is 0 Å². The zero-order chi connectivity index (χ0) is 12.1. The Kier molecular flexibility index (Phi) is 3.86. The Morgan fingerprint density at radius 2 is 2.29 bits per heavy atom. The average Bonchev–Trinajstić information content (AvgIpc) is 2.74. The van der Waals surface area contributed by atoms with Crippen LogP contribution in [0, 0.1) is 18.8 Å². The summed E-state index contributed by atoms with van der Waals surface area (Å²) in [4.78, 5) is 8.54. The lowest BCUT2D eigenvalue weighted by molar-refractivity contribution is 0.181. The van der Waals surface area contributed by atoms with Crippen molar-refractivity contribution in [3.05, 3.63) is 45.7 Å². The molecule has 2 heterocycles. The van der Waals surface area contributed by atoms with Crippen molar-refractivity contribution < 1.29 is 4.74 Å². The fraction of sp³-hybridized carbons (Fsp3) is 0.231. The highest BCUT2D eigenvalue weighted by molar-refractivity contribution is 7.09. The molecule has 0 amide bonds. The number of thiazole rings is 1. The Balaban J connectivity index is 2.26. The number of hydrogen-bond donors (Lipinski definition) is 0. The lowest BCUT2D eigenvalue weighted by atomic mass is 10.2. The van der Waals surface area contributed by atoms with E-state index in [9.17, 15) is 0 Å². The maximum absolute atomic E-state index is 5.08. The molecule has 86 valence electrons. The lowest BCUT2D eigenvalue weighted by Crippen LogP contribution is -1.95. The Morgan fingerprint density at radius 3 is 3.00 bits per heavy atom. The number of hydrogen-bond acceptors (Lipinski definition) is 4. The molecule has 0 saturated carbocycles. The van der Waals surface area contributed by atoms with E-state index in [-0.39, 0.29) is 0 Å². The van der Waals surface area contributed by atoms with Gasteiger partial charge in [0.25, 0.3) is 0 Å². The number of rotatable bonds is 2. The van der Waals surface area contributed by atoms with Crippen LogP contribution in [0.5, 0.6) is 0 Å². The molecule has 3 nitrogen and oxygen atoms in total. The van der Waals surface area contributed by atoms with E-state index >= 15 is 0 Å². The van der Waals surface area contributed by atoms with Gasteiger partial charge in [0.2, 0.25) is 0 Å². The van der Waals surface area contributed by atoms with Crippen molar-refractivity contribution in [1.29, 1.82) is 0 Å². The third-order valence-electron chi connectivity index (χ3n) is 2.12. The smallest absolute Gasteiger partial charge is 0.124 e. The number of aryl methyl sites for hydroxylation is 1. The minimum absolute atomic E-state index is 0.473. The van der Waals surface area contributed by atoms with Crippen LogP contribution in [0.25, 0.3) is 0 Å². The van der Waals surface area contributed by atoms with Crippen molar-refractivity contribution in [2.45, 2.75) is 13.5 Å². The van der Waals surface area contributed by atoms with E-state index in [4.69, 9.17) is 4.74 Å². The predicted molar refractivity (Wildman–Crippen MR) is 67.8 cm³/mol. The normalized spacial score (nSPS) is 9.76. The third-order valence-corrected chi connectivity index (χ3v) is 2.89. The van der Waals surface area contributed by atoms with Gasteiger partial charge in [-0.3, -0.25) is 4.98 Å². The van der Waals surface area contributed by atoms with Crippen LogP contribution in [-0.4, -0.2) is 17.1 Å². The predicted octanol–water partition coefficient (Wildman–Crippen LogP) is 2.39. The van der Waals surface area contributed by atoms with Crippen LogP contribution in [0.2, 0.25) is 0 Å². The van der Waals surface area contributed by atoms with Crippen LogP contribution in [0.4, 0.5) is 0 Å². The lowest BCUT2D eigenvalue weighted by Gasteiger charge is -2.00. The summed E-state index contributed by atoms with van der Waals surface area (Å²) in [5, 5.41) is 2.98. The van der Waals surface area contributed by atoms with Crippen molar-refractivity contribution in [1.82, 2.24) is 9.97 Å². The van der Waals surface area contributed by atoms with Gasteiger partial charge in [-0.15, -0.1) is 11.3 Å². The molecule has 2 aromatic rings. The highest BCUT2D eigenvalue weighted by atomic mass is 32.1. The van der Waals surface area contributed by atoms with Gasteiger partial charge in [-0.1, -0.05) is 5.92 Å². The van der Waals surface area contributed by atoms with Gasteiger partial charge in [0.1, 0.15) is 5.69 Å². The molecular formula is C13H12N2OS. The van der Waals surface area contributed by atoms with Crippen molar-refractivity contribution in [2.24, 2.45) is 0 Å². The summed E-state index contributed by atoms with van der Waals surface area (Å²) in [7, 11) is 1.65. The van der Waals surface area contributed by atoms with Gasteiger partial charge in [-0.25, -0.2) is 4.98 Å². The van der Waals surface area contributed by atoms with Gasteiger partial charge in [0, 0.05) is 24.3 Å². The van der Waals surface area contributed by atoms with Crippen LogP contribution in [-0.2, 0) is 11.3 Å². The third kappa shape index (κ3) is 3.13. The topological polar surface area (TPSA) is 35.0 Å². The van der Waals surface area contributed by atoms with Gasteiger partial charge < -0.3 is 4.74 Å².